The number of ketones is 1. The van der Waals surface area contributed by atoms with Gasteiger partial charge in [0.05, 0.1) is 5.92 Å². The van der Waals surface area contributed by atoms with Crippen molar-refractivity contribution in [2.45, 2.75) is 44.1 Å². The van der Waals surface area contributed by atoms with Crippen molar-refractivity contribution in [3.8, 4) is 0 Å². The maximum absolute atomic E-state index is 12.8. The number of fused-ring (bicyclic) bond motifs is 1. The molecule has 0 bridgehead atoms. The number of likely N-dealkylation sites (tertiary alicyclic amines) is 1. The van der Waals surface area contributed by atoms with E-state index in [2.05, 4.69) is 4.40 Å². The van der Waals surface area contributed by atoms with Gasteiger partial charge in [-0.15, -0.1) is 4.40 Å². The zero-order valence-corrected chi connectivity index (χ0v) is 19.0. The maximum Gasteiger partial charge on any atom is 0.311 e. The number of nitrogens with zero attached hydrogens (tertiary/aromatic N) is 2. The van der Waals surface area contributed by atoms with Gasteiger partial charge in [0.2, 0.25) is 5.78 Å². The molecule has 0 amide bonds. The Balaban J connectivity index is 1.43. The fourth-order valence-electron chi connectivity index (χ4n) is 4.14. The molecule has 2 heterocycles. The molecule has 1 saturated heterocycles. The van der Waals surface area contributed by atoms with E-state index in [4.69, 9.17) is 4.74 Å². The molecule has 2 unspecified atom stereocenters. The fourth-order valence-corrected chi connectivity index (χ4v) is 5.37. The predicted molar refractivity (Wildman–Crippen MR) is 120 cm³/mol. The van der Waals surface area contributed by atoms with Gasteiger partial charge in [0.25, 0.3) is 10.0 Å². The number of aryl methyl sites for hydroxylation is 1. The van der Waals surface area contributed by atoms with E-state index in [1.807, 2.05) is 24.0 Å². The summed E-state index contributed by atoms with van der Waals surface area (Å²) in [7, 11) is -3.72. The monoisotopic (exact) mass is 454 g/mol. The number of hydrogen-bond acceptors (Lipinski definition) is 6. The molecule has 168 valence electrons. The highest BCUT2D eigenvalue weighted by Crippen LogP contribution is 2.30. The molecule has 0 spiro atoms. The zero-order valence-electron chi connectivity index (χ0n) is 18.2. The summed E-state index contributed by atoms with van der Waals surface area (Å²) < 4.78 is 34.2. The van der Waals surface area contributed by atoms with Crippen molar-refractivity contribution in [2.75, 3.05) is 13.1 Å². The Hall–Kier alpha value is -3.00. The van der Waals surface area contributed by atoms with Crippen LogP contribution in [0.5, 0.6) is 0 Å². The van der Waals surface area contributed by atoms with E-state index in [1.165, 1.54) is 6.07 Å². The van der Waals surface area contributed by atoms with Crippen molar-refractivity contribution in [1.82, 2.24) is 4.90 Å². The van der Waals surface area contributed by atoms with Crippen LogP contribution < -0.4 is 0 Å². The van der Waals surface area contributed by atoms with Gasteiger partial charge in [0.1, 0.15) is 4.90 Å². The van der Waals surface area contributed by atoms with Crippen LogP contribution in [-0.2, 0) is 26.0 Å². The summed E-state index contributed by atoms with van der Waals surface area (Å²) in [6.07, 6.45) is 1.30. The lowest BCUT2D eigenvalue weighted by Gasteiger charge is -2.33. The molecule has 8 heteroatoms. The minimum atomic E-state index is -3.72. The van der Waals surface area contributed by atoms with E-state index in [0.29, 0.717) is 42.9 Å². The lowest BCUT2D eigenvalue weighted by atomic mass is 9.97. The van der Waals surface area contributed by atoms with Crippen LogP contribution in [0.25, 0.3) is 0 Å². The smallest absolute Gasteiger partial charge is 0.311 e. The molecule has 1 fully saturated rings. The van der Waals surface area contributed by atoms with Gasteiger partial charge in [-0.05, 0) is 43.9 Å². The third-order valence-electron chi connectivity index (χ3n) is 5.98. The molecule has 0 radical (unpaired) electrons. The lowest BCUT2D eigenvalue weighted by Crippen LogP contribution is -2.43. The molecular weight excluding hydrogens is 428 g/mol. The number of carbonyl (C=O) groups is 2. The number of carbonyl (C=O) groups excluding carboxylic acids is 2. The van der Waals surface area contributed by atoms with Crippen LogP contribution in [0.3, 0.4) is 0 Å². The summed E-state index contributed by atoms with van der Waals surface area (Å²) in [6.45, 7) is 4.52. The quantitative estimate of drug-likeness (QED) is 0.509. The number of Topliss-reactive ketones (excluding diaryl/α,β-unsaturated/α-hetero) is 1. The standard InChI is InChI=1S/C24H26N2O5S/c1-3-17-10-12-18(13-11-17)22(27)16(2)31-24(28)19-7-6-14-26(15-19)23-20-8-4-5-9-21(20)32(29,30)25-23/h4-5,8-13,16,19H,3,6-7,14-15H2,1-2H3. The average Bonchev–Trinajstić information content (AvgIpc) is 3.09. The topological polar surface area (TPSA) is 93.1 Å². The molecular formula is C24H26N2O5S. The number of piperidine rings is 1. The first-order valence-corrected chi connectivity index (χ1v) is 12.3. The number of hydrogen-bond donors (Lipinski definition) is 0. The van der Waals surface area contributed by atoms with Gasteiger partial charge >= 0.3 is 5.97 Å². The molecule has 4 rings (SSSR count). The molecule has 0 aliphatic carbocycles. The second kappa shape index (κ2) is 8.86. The summed E-state index contributed by atoms with van der Waals surface area (Å²) in [6, 6.07) is 14.0. The number of ether oxygens (including phenoxy) is 1. The van der Waals surface area contributed by atoms with Crippen molar-refractivity contribution < 1.29 is 22.7 Å². The molecule has 0 aromatic heterocycles. The lowest BCUT2D eigenvalue weighted by molar-refractivity contribution is -0.152. The number of benzene rings is 2. The molecule has 32 heavy (non-hydrogen) atoms. The van der Waals surface area contributed by atoms with Crippen LogP contribution in [0.15, 0.2) is 57.8 Å². The Morgan fingerprint density at radius 2 is 1.88 bits per heavy atom. The maximum atomic E-state index is 12.8. The normalized spacial score (nSPS) is 20.2. The summed E-state index contributed by atoms with van der Waals surface area (Å²) in [5, 5.41) is 0. The molecule has 7 nitrogen and oxygen atoms in total. The predicted octanol–water partition coefficient (Wildman–Crippen LogP) is 3.22. The summed E-state index contributed by atoms with van der Waals surface area (Å²) >= 11 is 0. The molecule has 2 atom stereocenters. The highest BCUT2D eigenvalue weighted by atomic mass is 32.2. The Morgan fingerprint density at radius 1 is 1.16 bits per heavy atom. The Kier molecular flexibility index (Phi) is 6.15. The second-order valence-corrected chi connectivity index (χ2v) is 9.74. The molecule has 2 aromatic rings. The van der Waals surface area contributed by atoms with E-state index in [-0.39, 0.29) is 10.7 Å². The van der Waals surface area contributed by atoms with Crippen molar-refractivity contribution in [2.24, 2.45) is 10.3 Å². The van der Waals surface area contributed by atoms with Gasteiger partial charge in [0.15, 0.2) is 11.9 Å². The third-order valence-corrected chi connectivity index (χ3v) is 7.30. The Labute approximate surface area is 188 Å². The van der Waals surface area contributed by atoms with Crippen LogP contribution in [0.4, 0.5) is 0 Å². The number of amidine groups is 1. The van der Waals surface area contributed by atoms with Crippen LogP contribution in [0.2, 0.25) is 0 Å². The summed E-state index contributed by atoms with van der Waals surface area (Å²) in [4.78, 5) is 27.5. The number of rotatable bonds is 5. The van der Waals surface area contributed by atoms with Crippen LogP contribution in [0, 0.1) is 5.92 Å². The Bertz CT molecular complexity index is 1170. The van der Waals surface area contributed by atoms with E-state index in [9.17, 15) is 18.0 Å². The molecule has 0 N–H and O–H groups in total. The van der Waals surface area contributed by atoms with E-state index in [1.54, 1.807) is 37.3 Å². The molecule has 2 aromatic carbocycles. The number of sulfonamides is 1. The highest BCUT2D eigenvalue weighted by molar-refractivity contribution is 7.90. The summed E-state index contributed by atoms with van der Waals surface area (Å²) in [5.74, 6) is -0.776. The van der Waals surface area contributed by atoms with E-state index >= 15 is 0 Å². The van der Waals surface area contributed by atoms with Crippen molar-refractivity contribution in [3.05, 3.63) is 65.2 Å². The first-order chi connectivity index (χ1) is 15.3. The second-order valence-electron chi connectivity index (χ2n) is 8.17. The molecule has 2 aliphatic rings. The number of esters is 1. The SMILES string of the molecule is CCc1ccc(C(=O)C(C)OC(=O)C2CCCN(C3=NS(=O)(=O)c4ccccc43)C2)cc1. The average molecular weight is 455 g/mol. The zero-order chi connectivity index (χ0) is 22.9. The van der Waals surface area contributed by atoms with Crippen molar-refractivity contribution in [1.29, 1.82) is 0 Å². The van der Waals surface area contributed by atoms with Gasteiger partial charge in [0, 0.05) is 24.2 Å². The van der Waals surface area contributed by atoms with Crippen LogP contribution in [-0.4, -0.2) is 50.1 Å². The van der Waals surface area contributed by atoms with Crippen LogP contribution in [0.1, 0.15) is 48.2 Å². The molecule has 2 aliphatic heterocycles. The van der Waals surface area contributed by atoms with Gasteiger partial charge in [-0.25, -0.2) is 0 Å². The van der Waals surface area contributed by atoms with Crippen LogP contribution >= 0.6 is 0 Å². The minimum Gasteiger partial charge on any atom is -0.454 e. The van der Waals surface area contributed by atoms with Crippen molar-refractivity contribution in [3.63, 3.8) is 0 Å². The third kappa shape index (κ3) is 4.32. The minimum absolute atomic E-state index is 0.188. The van der Waals surface area contributed by atoms with Crippen molar-refractivity contribution >= 4 is 27.6 Å². The van der Waals surface area contributed by atoms with Gasteiger partial charge in [-0.2, -0.15) is 8.42 Å². The highest BCUT2D eigenvalue weighted by Gasteiger charge is 2.36. The van der Waals surface area contributed by atoms with E-state index in [0.717, 1.165) is 12.0 Å². The van der Waals surface area contributed by atoms with Gasteiger partial charge in [-0.3, -0.25) is 9.59 Å². The molecule has 0 saturated carbocycles. The van der Waals surface area contributed by atoms with E-state index < -0.39 is 28.0 Å². The fraction of sp³-hybridized carbons (Fsp3) is 0.375. The van der Waals surface area contributed by atoms with Gasteiger partial charge < -0.3 is 9.64 Å². The summed E-state index contributed by atoms with van der Waals surface area (Å²) in [5.41, 5.74) is 2.20. The first-order valence-electron chi connectivity index (χ1n) is 10.8. The largest absolute Gasteiger partial charge is 0.454 e. The Morgan fingerprint density at radius 3 is 2.59 bits per heavy atom. The van der Waals surface area contributed by atoms with Gasteiger partial charge in [-0.1, -0.05) is 43.3 Å². The first kappa shape index (κ1) is 22.2.